The van der Waals surface area contributed by atoms with E-state index in [-0.39, 0.29) is 0 Å². The number of nitrogens with zero attached hydrogens (tertiary/aromatic N) is 2. The molecule has 0 spiro atoms. The smallest absolute Gasteiger partial charge is 0.191 e. The van der Waals surface area contributed by atoms with Crippen LogP contribution in [0, 0.1) is 5.41 Å². The Morgan fingerprint density at radius 3 is 2.71 bits per heavy atom. The first-order valence-electron chi connectivity index (χ1n) is 10.3. The van der Waals surface area contributed by atoms with Crippen molar-refractivity contribution in [2.45, 2.75) is 45.6 Å². The molecular formula is C22H32N4O2. The maximum Gasteiger partial charge on any atom is 0.191 e. The van der Waals surface area contributed by atoms with Crippen molar-refractivity contribution in [2.75, 3.05) is 26.8 Å². The summed E-state index contributed by atoms with van der Waals surface area (Å²) in [6, 6.07) is 12.0. The predicted molar refractivity (Wildman–Crippen MR) is 112 cm³/mol. The summed E-state index contributed by atoms with van der Waals surface area (Å²) in [4.78, 5) is 4.36. The lowest BCUT2D eigenvalue weighted by Crippen LogP contribution is -2.43. The number of benzene rings is 1. The number of rotatable bonds is 9. The van der Waals surface area contributed by atoms with E-state index in [1.54, 1.807) is 7.05 Å². The first-order chi connectivity index (χ1) is 13.7. The summed E-state index contributed by atoms with van der Waals surface area (Å²) in [5, 5.41) is 11.0. The van der Waals surface area contributed by atoms with Crippen molar-refractivity contribution < 1.29 is 9.26 Å². The quantitative estimate of drug-likeness (QED) is 0.388. The van der Waals surface area contributed by atoms with E-state index in [2.05, 4.69) is 27.7 Å². The average Bonchev–Trinajstić information content (AvgIpc) is 3.39. The fraction of sp³-hybridized carbons (Fsp3) is 0.545. The molecule has 1 saturated carbocycles. The van der Waals surface area contributed by atoms with Gasteiger partial charge in [-0.1, -0.05) is 48.3 Å². The van der Waals surface area contributed by atoms with Crippen LogP contribution in [0.4, 0.5) is 0 Å². The second kappa shape index (κ2) is 10.3. The van der Waals surface area contributed by atoms with Gasteiger partial charge in [-0.15, -0.1) is 0 Å². The van der Waals surface area contributed by atoms with E-state index in [1.807, 2.05) is 36.4 Å². The molecule has 1 fully saturated rings. The second-order valence-electron chi connectivity index (χ2n) is 7.48. The van der Waals surface area contributed by atoms with Crippen LogP contribution >= 0.6 is 0 Å². The molecule has 0 unspecified atom stereocenters. The molecule has 2 N–H and O–H groups in total. The van der Waals surface area contributed by atoms with Gasteiger partial charge in [-0.05, 0) is 31.6 Å². The molecule has 152 valence electrons. The molecule has 6 nitrogen and oxygen atoms in total. The van der Waals surface area contributed by atoms with Crippen LogP contribution in [-0.2, 0) is 11.3 Å². The summed E-state index contributed by atoms with van der Waals surface area (Å²) in [7, 11) is 1.80. The standard InChI is InChI=1S/C22H32N4O2/c1-3-27-14-13-22(11-7-8-12-22)17-25-21(23-2)24-16-19-15-20(28-26-19)18-9-5-4-6-10-18/h4-6,9-10,15H,3,7-8,11-14,16-17H2,1-2H3,(H2,23,24,25). The number of ether oxygens (including phenoxy) is 1. The van der Waals surface area contributed by atoms with Crippen LogP contribution in [0.25, 0.3) is 11.3 Å². The molecule has 1 aromatic heterocycles. The highest BCUT2D eigenvalue weighted by molar-refractivity contribution is 5.79. The molecule has 2 aromatic rings. The molecule has 28 heavy (non-hydrogen) atoms. The third-order valence-electron chi connectivity index (χ3n) is 5.55. The highest BCUT2D eigenvalue weighted by Gasteiger charge is 2.33. The maximum absolute atomic E-state index is 5.61. The van der Waals surface area contributed by atoms with Crippen LogP contribution in [-0.4, -0.2) is 37.9 Å². The normalized spacial score (nSPS) is 16.3. The van der Waals surface area contributed by atoms with E-state index in [0.717, 1.165) is 49.2 Å². The first kappa shape index (κ1) is 20.4. The van der Waals surface area contributed by atoms with Crippen molar-refractivity contribution >= 4 is 5.96 Å². The number of aliphatic imine (C=N–C) groups is 1. The van der Waals surface area contributed by atoms with Gasteiger partial charge in [0.1, 0.15) is 5.69 Å². The Morgan fingerprint density at radius 1 is 1.21 bits per heavy atom. The van der Waals surface area contributed by atoms with Crippen molar-refractivity contribution in [3.05, 3.63) is 42.1 Å². The Kier molecular flexibility index (Phi) is 7.48. The van der Waals surface area contributed by atoms with E-state index >= 15 is 0 Å². The Balaban J connectivity index is 1.50. The first-order valence-corrected chi connectivity index (χ1v) is 10.3. The topological polar surface area (TPSA) is 71.7 Å². The number of hydrogen-bond donors (Lipinski definition) is 2. The van der Waals surface area contributed by atoms with Crippen LogP contribution in [0.1, 0.15) is 44.7 Å². The molecule has 0 aliphatic heterocycles. The van der Waals surface area contributed by atoms with Crippen molar-refractivity contribution in [2.24, 2.45) is 10.4 Å². The van der Waals surface area contributed by atoms with Gasteiger partial charge in [-0.2, -0.15) is 0 Å². The highest BCUT2D eigenvalue weighted by atomic mass is 16.5. The molecule has 1 aliphatic rings. The molecule has 0 radical (unpaired) electrons. The van der Waals surface area contributed by atoms with E-state index < -0.39 is 0 Å². The molecule has 0 bridgehead atoms. The van der Waals surface area contributed by atoms with E-state index in [9.17, 15) is 0 Å². The Morgan fingerprint density at radius 2 is 2.00 bits per heavy atom. The maximum atomic E-state index is 5.61. The second-order valence-corrected chi connectivity index (χ2v) is 7.48. The minimum atomic E-state index is 0.321. The lowest BCUT2D eigenvalue weighted by Gasteiger charge is -2.30. The summed E-state index contributed by atoms with van der Waals surface area (Å²) in [5.41, 5.74) is 2.20. The van der Waals surface area contributed by atoms with Gasteiger partial charge in [0.2, 0.25) is 0 Å². The molecular weight excluding hydrogens is 352 g/mol. The molecule has 1 aliphatic carbocycles. The van der Waals surface area contributed by atoms with Gasteiger partial charge in [0.05, 0.1) is 6.54 Å². The lowest BCUT2D eigenvalue weighted by atomic mass is 9.83. The minimum absolute atomic E-state index is 0.321. The SMILES string of the molecule is CCOCCC1(CNC(=NC)NCc2cc(-c3ccccc3)on2)CCCC1. The molecule has 1 aromatic carbocycles. The van der Waals surface area contributed by atoms with Gasteiger partial charge < -0.3 is 19.9 Å². The summed E-state index contributed by atoms with van der Waals surface area (Å²) in [5.74, 6) is 1.58. The van der Waals surface area contributed by atoms with Crippen molar-refractivity contribution in [1.82, 2.24) is 15.8 Å². The van der Waals surface area contributed by atoms with E-state index in [4.69, 9.17) is 9.26 Å². The van der Waals surface area contributed by atoms with Crippen LogP contribution < -0.4 is 10.6 Å². The number of hydrogen-bond acceptors (Lipinski definition) is 4. The van der Waals surface area contributed by atoms with Gasteiger partial charge in [0.25, 0.3) is 0 Å². The molecule has 0 atom stereocenters. The van der Waals surface area contributed by atoms with Gasteiger partial charge >= 0.3 is 0 Å². The highest BCUT2D eigenvalue weighted by Crippen LogP contribution is 2.40. The Bertz CT molecular complexity index is 736. The van der Waals surface area contributed by atoms with Gasteiger partial charge in [-0.25, -0.2) is 0 Å². The van der Waals surface area contributed by atoms with Crippen LogP contribution in [0.2, 0.25) is 0 Å². The Labute approximate surface area is 167 Å². The minimum Gasteiger partial charge on any atom is -0.382 e. The largest absolute Gasteiger partial charge is 0.382 e. The Hall–Kier alpha value is -2.34. The fourth-order valence-electron chi connectivity index (χ4n) is 3.87. The van der Waals surface area contributed by atoms with Crippen LogP contribution in [0.3, 0.4) is 0 Å². The molecule has 6 heteroatoms. The number of nitrogens with one attached hydrogen (secondary N) is 2. The van der Waals surface area contributed by atoms with E-state index in [1.165, 1.54) is 25.7 Å². The summed E-state index contributed by atoms with van der Waals surface area (Å²) >= 11 is 0. The number of aromatic nitrogens is 1. The number of guanidine groups is 1. The zero-order chi connectivity index (χ0) is 19.7. The van der Waals surface area contributed by atoms with Gasteiger partial charge in [0, 0.05) is 38.4 Å². The van der Waals surface area contributed by atoms with Gasteiger partial charge in [0.15, 0.2) is 11.7 Å². The fourth-order valence-corrected chi connectivity index (χ4v) is 3.87. The van der Waals surface area contributed by atoms with Gasteiger partial charge in [-0.3, -0.25) is 4.99 Å². The zero-order valence-electron chi connectivity index (χ0n) is 17.0. The molecule has 3 rings (SSSR count). The van der Waals surface area contributed by atoms with E-state index in [0.29, 0.717) is 12.0 Å². The van der Waals surface area contributed by atoms with Crippen molar-refractivity contribution in [3.63, 3.8) is 0 Å². The summed E-state index contributed by atoms with van der Waals surface area (Å²) < 4.78 is 11.1. The summed E-state index contributed by atoms with van der Waals surface area (Å²) in [6.07, 6.45) is 6.23. The van der Waals surface area contributed by atoms with Crippen LogP contribution in [0.5, 0.6) is 0 Å². The third-order valence-corrected chi connectivity index (χ3v) is 5.55. The van der Waals surface area contributed by atoms with Crippen molar-refractivity contribution in [3.8, 4) is 11.3 Å². The molecule has 0 amide bonds. The lowest BCUT2D eigenvalue weighted by molar-refractivity contribution is 0.105. The third kappa shape index (κ3) is 5.58. The van der Waals surface area contributed by atoms with Crippen LogP contribution in [0.15, 0.2) is 45.9 Å². The summed E-state index contributed by atoms with van der Waals surface area (Å²) in [6.45, 7) is 5.18. The predicted octanol–water partition coefficient (Wildman–Crippen LogP) is 3.99. The molecule has 1 heterocycles. The molecule has 0 saturated heterocycles. The van der Waals surface area contributed by atoms with Crippen molar-refractivity contribution in [1.29, 1.82) is 0 Å². The average molecular weight is 385 g/mol. The zero-order valence-corrected chi connectivity index (χ0v) is 17.0. The monoisotopic (exact) mass is 384 g/mol.